The van der Waals surface area contributed by atoms with Crippen molar-refractivity contribution in [2.45, 2.75) is 33.4 Å². The first kappa shape index (κ1) is 21.3. The van der Waals surface area contributed by atoms with Gasteiger partial charge in [0.05, 0.1) is 12.0 Å². The van der Waals surface area contributed by atoms with E-state index in [9.17, 15) is 10.1 Å². The molecule has 2 aromatic heterocycles. The van der Waals surface area contributed by atoms with E-state index >= 15 is 0 Å². The predicted octanol–water partition coefficient (Wildman–Crippen LogP) is 2.95. The number of benzene rings is 1. The molecule has 1 aliphatic rings. The van der Waals surface area contributed by atoms with Gasteiger partial charge >= 0.3 is 6.03 Å². The number of nitriles is 1. The summed E-state index contributed by atoms with van der Waals surface area (Å²) in [6.07, 6.45) is 4.93. The first-order valence-corrected chi connectivity index (χ1v) is 10.6. The molecule has 0 aliphatic carbocycles. The zero-order valence-electron chi connectivity index (χ0n) is 18.5. The lowest BCUT2D eigenvalue weighted by Crippen LogP contribution is -2.55. The number of rotatable bonds is 4. The largest absolute Gasteiger partial charge is 0.350 e. The number of nitrogens with one attached hydrogen (secondary N) is 1. The molecule has 1 atom stereocenters. The van der Waals surface area contributed by atoms with Crippen LogP contribution in [-0.4, -0.2) is 56.1 Å². The summed E-state index contributed by atoms with van der Waals surface area (Å²) in [5.74, 6) is 0.569. The second kappa shape index (κ2) is 9.06. The molecule has 1 fully saturated rings. The van der Waals surface area contributed by atoms with Crippen molar-refractivity contribution in [2.75, 3.05) is 29.9 Å². The minimum atomic E-state index is -0.136. The molecule has 32 heavy (non-hydrogen) atoms. The Balaban J connectivity index is 1.40. The van der Waals surface area contributed by atoms with Gasteiger partial charge in [-0.3, -0.25) is 0 Å². The van der Waals surface area contributed by atoms with Crippen LogP contribution >= 0.6 is 0 Å². The van der Waals surface area contributed by atoms with E-state index in [1.54, 1.807) is 6.20 Å². The summed E-state index contributed by atoms with van der Waals surface area (Å²) in [6.45, 7) is 8.44. The maximum atomic E-state index is 13.0. The molecule has 1 aromatic carbocycles. The van der Waals surface area contributed by atoms with Gasteiger partial charge < -0.3 is 19.7 Å². The number of carbonyl (C=O) groups excluding carboxylic acids is 1. The minimum absolute atomic E-state index is 0.0444. The Morgan fingerprint density at radius 1 is 1.22 bits per heavy atom. The Kier molecular flexibility index (Phi) is 6.03. The lowest BCUT2D eigenvalue weighted by atomic mass is 10.1. The summed E-state index contributed by atoms with van der Waals surface area (Å²) in [4.78, 5) is 29.5. The van der Waals surface area contributed by atoms with Gasteiger partial charge in [0, 0.05) is 56.0 Å². The number of nitrogens with zero attached hydrogens (tertiary/aromatic N) is 7. The zero-order valence-corrected chi connectivity index (χ0v) is 18.5. The molecule has 0 spiro atoms. The normalized spacial score (nSPS) is 16.0. The molecule has 1 saturated heterocycles. The van der Waals surface area contributed by atoms with Gasteiger partial charge in [-0.25, -0.2) is 19.7 Å². The van der Waals surface area contributed by atoms with Crippen LogP contribution in [0.4, 0.5) is 16.3 Å². The van der Waals surface area contributed by atoms with Gasteiger partial charge in [-0.1, -0.05) is 12.1 Å². The zero-order chi connectivity index (χ0) is 22.7. The summed E-state index contributed by atoms with van der Waals surface area (Å²) >= 11 is 0. The highest BCUT2D eigenvalue weighted by atomic mass is 16.2. The van der Waals surface area contributed by atoms with Gasteiger partial charge in [0.25, 0.3) is 0 Å². The predicted molar refractivity (Wildman–Crippen MR) is 121 cm³/mol. The van der Waals surface area contributed by atoms with E-state index in [4.69, 9.17) is 0 Å². The summed E-state index contributed by atoms with van der Waals surface area (Å²) in [5.41, 5.74) is 4.31. The molecule has 0 saturated carbocycles. The number of aryl methyl sites for hydroxylation is 1. The van der Waals surface area contributed by atoms with Crippen molar-refractivity contribution < 1.29 is 4.79 Å². The van der Waals surface area contributed by atoms with Gasteiger partial charge in [0.2, 0.25) is 0 Å². The van der Waals surface area contributed by atoms with Crippen LogP contribution in [0.5, 0.6) is 0 Å². The average Bonchev–Trinajstić information content (AvgIpc) is 3.11. The number of urea groups is 1. The van der Waals surface area contributed by atoms with E-state index < -0.39 is 0 Å². The van der Waals surface area contributed by atoms with Crippen LogP contribution in [0.15, 0.2) is 43.0 Å². The Labute approximate surface area is 187 Å². The van der Waals surface area contributed by atoms with Crippen molar-refractivity contribution in [3.8, 4) is 6.07 Å². The number of aromatic nitrogens is 4. The summed E-state index contributed by atoms with van der Waals surface area (Å²) in [6, 6.07) is 9.78. The number of hydrogen-bond donors (Lipinski definition) is 1. The molecule has 3 heterocycles. The van der Waals surface area contributed by atoms with Crippen LogP contribution in [-0.2, 0) is 6.54 Å². The van der Waals surface area contributed by atoms with E-state index in [-0.39, 0.29) is 12.1 Å². The van der Waals surface area contributed by atoms with Crippen LogP contribution in [0.25, 0.3) is 0 Å². The number of piperazine rings is 1. The molecule has 0 bridgehead atoms. The smallest absolute Gasteiger partial charge is 0.322 e. The van der Waals surface area contributed by atoms with Crippen LogP contribution in [0.2, 0.25) is 0 Å². The van der Waals surface area contributed by atoms with Crippen molar-refractivity contribution >= 4 is 17.5 Å². The molecule has 1 aliphatic heterocycles. The highest BCUT2D eigenvalue weighted by Gasteiger charge is 2.29. The topological polar surface area (TPSA) is 103 Å². The van der Waals surface area contributed by atoms with Crippen LogP contribution in [0, 0.1) is 25.2 Å². The lowest BCUT2D eigenvalue weighted by Gasteiger charge is -2.40. The standard InChI is InChI=1S/C23H26N8O/c1-16-13-29(22-21(12-24)25-7-8-26-22)9-10-31(16)23(32)28-20-6-4-5-19(11-20)14-30-15-27-17(2)18(30)3/h4-8,11,15-16H,9-10,13-14H2,1-3H3,(H,28,32). The molecule has 2 amide bonds. The van der Waals surface area contributed by atoms with Gasteiger partial charge in [-0.05, 0) is 38.5 Å². The van der Waals surface area contributed by atoms with Gasteiger partial charge in [-0.15, -0.1) is 0 Å². The van der Waals surface area contributed by atoms with E-state index in [0.717, 1.165) is 22.6 Å². The quantitative estimate of drug-likeness (QED) is 0.683. The minimum Gasteiger partial charge on any atom is -0.350 e. The first-order chi connectivity index (χ1) is 15.5. The van der Waals surface area contributed by atoms with E-state index in [1.165, 1.54) is 6.20 Å². The molecule has 9 nitrogen and oxygen atoms in total. The molecule has 4 rings (SSSR count). The number of anilines is 2. The third-order valence-electron chi connectivity index (χ3n) is 5.85. The fourth-order valence-corrected chi connectivity index (χ4v) is 3.94. The molecular formula is C23H26N8O. The summed E-state index contributed by atoms with van der Waals surface area (Å²) in [7, 11) is 0. The van der Waals surface area contributed by atoms with Crippen molar-refractivity contribution in [2.24, 2.45) is 0 Å². The van der Waals surface area contributed by atoms with Crippen LogP contribution < -0.4 is 10.2 Å². The first-order valence-electron chi connectivity index (χ1n) is 10.6. The van der Waals surface area contributed by atoms with Crippen molar-refractivity contribution in [1.82, 2.24) is 24.4 Å². The van der Waals surface area contributed by atoms with Crippen molar-refractivity contribution in [3.05, 3.63) is 65.6 Å². The second-order valence-corrected chi connectivity index (χ2v) is 8.00. The Bertz CT molecular complexity index is 1160. The Hall–Kier alpha value is -3.93. The van der Waals surface area contributed by atoms with Crippen LogP contribution in [0.1, 0.15) is 29.6 Å². The summed E-state index contributed by atoms with van der Waals surface area (Å²) < 4.78 is 2.10. The Morgan fingerprint density at radius 2 is 2.03 bits per heavy atom. The highest BCUT2D eigenvalue weighted by Crippen LogP contribution is 2.21. The third kappa shape index (κ3) is 4.39. The van der Waals surface area contributed by atoms with Gasteiger partial charge in [-0.2, -0.15) is 5.26 Å². The van der Waals surface area contributed by atoms with Crippen molar-refractivity contribution in [1.29, 1.82) is 5.26 Å². The Morgan fingerprint density at radius 3 is 2.75 bits per heavy atom. The SMILES string of the molecule is Cc1ncn(Cc2cccc(NC(=O)N3CCN(c4nccnc4C#N)CC3C)c2)c1C. The number of hydrogen-bond acceptors (Lipinski definition) is 6. The monoisotopic (exact) mass is 430 g/mol. The van der Waals surface area contributed by atoms with E-state index in [0.29, 0.717) is 37.7 Å². The maximum absolute atomic E-state index is 13.0. The average molecular weight is 431 g/mol. The number of amides is 2. The fraction of sp³-hybridized carbons (Fsp3) is 0.348. The second-order valence-electron chi connectivity index (χ2n) is 8.00. The van der Waals surface area contributed by atoms with Gasteiger partial charge in [0.15, 0.2) is 11.5 Å². The van der Waals surface area contributed by atoms with Crippen molar-refractivity contribution in [3.63, 3.8) is 0 Å². The highest BCUT2D eigenvalue weighted by molar-refractivity contribution is 5.89. The number of imidazole rings is 1. The molecule has 9 heteroatoms. The van der Waals surface area contributed by atoms with Crippen LogP contribution in [0.3, 0.4) is 0 Å². The third-order valence-corrected chi connectivity index (χ3v) is 5.85. The fourth-order valence-electron chi connectivity index (χ4n) is 3.94. The van der Waals surface area contributed by atoms with E-state index in [1.807, 2.05) is 54.2 Å². The molecule has 1 unspecified atom stereocenters. The molecule has 3 aromatic rings. The lowest BCUT2D eigenvalue weighted by molar-refractivity contribution is 0.184. The maximum Gasteiger partial charge on any atom is 0.322 e. The number of carbonyl (C=O) groups is 1. The molecule has 1 N–H and O–H groups in total. The van der Waals surface area contributed by atoms with E-state index in [2.05, 4.69) is 37.8 Å². The summed E-state index contributed by atoms with van der Waals surface area (Å²) in [5, 5.41) is 12.3. The molecule has 164 valence electrons. The van der Waals surface area contributed by atoms with Gasteiger partial charge in [0.1, 0.15) is 6.07 Å². The molecule has 0 radical (unpaired) electrons. The molecular weight excluding hydrogens is 404 g/mol.